The highest BCUT2D eigenvalue weighted by atomic mass is 32.2. The second-order valence-corrected chi connectivity index (χ2v) is 8.83. The largest absolute Gasteiger partial charge is 0.381 e. The number of hydrogen-bond acceptors (Lipinski definition) is 5. The van der Waals surface area contributed by atoms with E-state index >= 15 is 0 Å². The SMILES string of the molecule is Cc1nn(C2CCOCC2)c2cc(S(=O)(=O)c3ccccc3C(N)=O)ccc12. The Balaban J connectivity index is 1.87. The van der Waals surface area contributed by atoms with E-state index in [-0.39, 0.29) is 21.4 Å². The fourth-order valence-corrected chi connectivity index (χ4v) is 5.17. The van der Waals surface area contributed by atoms with Crippen LogP contribution in [0.4, 0.5) is 0 Å². The molecule has 8 heteroatoms. The van der Waals surface area contributed by atoms with Gasteiger partial charge in [0.1, 0.15) is 0 Å². The third-order valence-electron chi connectivity index (χ3n) is 5.15. The van der Waals surface area contributed by atoms with Crippen molar-refractivity contribution in [2.45, 2.75) is 35.6 Å². The van der Waals surface area contributed by atoms with Gasteiger partial charge in [0.2, 0.25) is 15.7 Å². The van der Waals surface area contributed by atoms with Crippen LogP contribution in [0, 0.1) is 6.92 Å². The zero-order valence-corrected chi connectivity index (χ0v) is 16.3. The van der Waals surface area contributed by atoms with Gasteiger partial charge in [-0.3, -0.25) is 9.48 Å². The minimum Gasteiger partial charge on any atom is -0.381 e. The van der Waals surface area contributed by atoms with Crippen LogP contribution < -0.4 is 5.73 Å². The molecule has 0 aliphatic carbocycles. The summed E-state index contributed by atoms with van der Waals surface area (Å²) in [5.74, 6) is -0.775. The van der Waals surface area contributed by atoms with E-state index < -0.39 is 15.7 Å². The van der Waals surface area contributed by atoms with Crippen LogP contribution in [0.3, 0.4) is 0 Å². The van der Waals surface area contributed by atoms with Crippen molar-refractivity contribution < 1.29 is 17.9 Å². The summed E-state index contributed by atoms with van der Waals surface area (Å²) in [5.41, 5.74) is 6.97. The van der Waals surface area contributed by atoms with E-state index in [1.807, 2.05) is 11.6 Å². The first kappa shape index (κ1) is 18.6. The minimum absolute atomic E-state index is 0.0169. The number of fused-ring (bicyclic) bond motifs is 1. The highest BCUT2D eigenvalue weighted by Crippen LogP contribution is 2.31. The number of benzene rings is 2. The second-order valence-electron chi connectivity index (χ2n) is 6.92. The molecule has 3 aromatic rings. The number of aryl methyl sites for hydroxylation is 1. The van der Waals surface area contributed by atoms with Gasteiger partial charge < -0.3 is 10.5 Å². The van der Waals surface area contributed by atoms with E-state index in [1.165, 1.54) is 12.1 Å². The van der Waals surface area contributed by atoms with Crippen LogP contribution in [-0.2, 0) is 14.6 Å². The lowest BCUT2D eigenvalue weighted by atomic mass is 10.1. The third-order valence-corrected chi connectivity index (χ3v) is 6.96. The first-order valence-electron chi connectivity index (χ1n) is 9.10. The second kappa shape index (κ2) is 7.03. The molecule has 0 spiro atoms. The lowest BCUT2D eigenvalue weighted by molar-refractivity contribution is 0.0674. The van der Waals surface area contributed by atoms with Crippen molar-refractivity contribution in [2.24, 2.45) is 5.73 Å². The smallest absolute Gasteiger partial charge is 0.250 e. The summed E-state index contributed by atoms with van der Waals surface area (Å²) in [6, 6.07) is 11.1. The first-order valence-corrected chi connectivity index (χ1v) is 10.6. The Labute approximate surface area is 163 Å². The number of nitrogens with two attached hydrogens (primary N) is 1. The molecule has 28 heavy (non-hydrogen) atoms. The summed E-state index contributed by atoms with van der Waals surface area (Å²) in [5, 5.41) is 5.56. The summed E-state index contributed by atoms with van der Waals surface area (Å²) in [7, 11) is -3.91. The van der Waals surface area contributed by atoms with E-state index in [9.17, 15) is 13.2 Å². The lowest BCUT2D eigenvalue weighted by Crippen LogP contribution is -2.20. The first-order chi connectivity index (χ1) is 13.4. The maximum atomic E-state index is 13.2. The predicted molar refractivity (Wildman–Crippen MR) is 104 cm³/mol. The van der Waals surface area contributed by atoms with Crippen molar-refractivity contribution in [1.29, 1.82) is 0 Å². The zero-order chi connectivity index (χ0) is 19.9. The quantitative estimate of drug-likeness (QED) is 0.726. The van der Waals surface area contributed by atoms with Gasteiger partial charge in [-0.2, -0.15) is 5.10 Å². The molecule has 0 unspecified atom stereocenters. The van der Waals surface area contributed by atoms with Crippen LogP contribution in [0.2, 0.25) is 0 Å². The van der Waals surface area contributed by atoms with Gasteiger partial charge in [0, 0.05) is 18.6 Å². The van der Waals surface area contributed by atoms with Gasteiger partial charge in [-0.1, -0.05) is 12.1 Å². The Morgan fingerprint density at radius 2 is 1.89 bits per heavy atom. The molecule has 146 valence electrons. The molecule has 1 aliphatic rings. The fraction of sp³-hybridized carbons (Fsp3) is 0.300. The number of ether oxygens (including phenoxy) is 1. The standard InChI is InChI=1S/C20H21N3O4S/c1-13-16-7-6-15(12-18(16)23(22-13)14-8-10-27-11-9-14)28(25,26)19-5-3-2-4-17(19)20(21)24/h2-7,12,14H,8-11H2,1H3,(H2,21,24). The van der Waals surface area contributed by atoms with Crippen molar-refractivity contribution in [3.63, 3.8) is 0 Å². The number of sulfone groups is 1. The van der Waals surface area contributed by atoms with E-state index in [1.54, 1.807) is 30.3 Å². The van der Waals surface area contributed by atoms with Crippen LogP contribution in [0.1, 0.15) is 34.9 Å². The van der Waals surface area contributed by atoms with Crippen LogP contribution >= 0.6 is 0 Å². The Morgan fingerprint density at radius 1 is 1.18 bits per heavy atom. The van der Waals surface area contributed by atoms with Gasteiger partial charge in [0.15, 0.2) is 0 Å². The molecular formula is C20H21N3O4S. The molecule has 0 radical (unpaired) electrons. The molecule has 2 aromatic carbocycles. The number of carbonyl (C=O) groups is 1. The molecular weight excluding hydrogens is 378 g/mol. The number of nitrogens with zero attached hydrogens (tertiary/aromatic N) is 2. The number of amides is 1. The number of primary amides is 1. The van der Waals surface area contributed by atoms with Crippen molar-refractivity contribution in [3.05, 3.63) is 53.7 Å². The molecule has 0 bridgehead atoms. The van der Waals surface area contributed by atoms with Crippen LogP contribution in [0.15, 0.2) is 52.3 Å². The van der Waals surface area contributed by atoms with E-state index in [0.717, 1.165) is 29.4 Å². The van der Waals surface area contributed by atoms with Gasteiger partial charge in [0.25, 0.3) is 0 Å². The maximum Gasteiger partial charge on any atom is 0.250 e. The number of rotatable bonds is 4. The lowest BCUT2D eigenvalue weighted by Gasteiger charge is -2.23. The average Bonchev–Trinajstić information content (AvgIpc) is 3.05. The number of hydrogen-bond donors (Lipinski definition) is 1. The average molecular weight is 399 g/mol. The van der Waals surface area contributed by atoms with Gasteiger partial charge >= 0.3 is 0 Å². The zero-order valence-electron chi connectivity index (χ0n) is 15.5. The van der Waals surface area contributed by atoms with Crippen LogP contribution in [0.25, 0.3) is 10.9 Å². The molecule has 0 saturated carbocycles. The molecule has 4 rings (SSSR count). The van der Waals surface area contributed by atoms with Crippen molar-refractivity contribution in [3.8, 4) is 0 Å². The van der Waals surface area contributed by atoms with Gasteiger partial charge in [0.05, 0.1) is 32.6 Å². The van der Waals surface area contributed by atoms with Gasteiger partial charge in [-0.05, 0) is 50.1 Å². The monoisotopic (exact) mass is 399 g/mol. The summed E-state index contributed by atoms with van der Waals surface area (Å²) in [6.45, 7) is 3.23. The Kier molecular flexibility index (Phi) is 4.68. The fourth-order valence-electron chi connectivity index (χ4n) is 3.68. The van der Waals surface area contributed by atoms with Gasteiger partial charge in [-0.15, -0.1) is 0 Å². The Hall–Kier alpha value is -2.71. The molecule has 1 aliphatic heterocycles. The molecule has 0 atom stereocenters. The normalized spacial score (nSPS) is 15.8. The molecule has 7 nitrogen and oxygen atoms in total. The molecule has 1 amide bonds. The Morgan fingerprint density at radius 3 is 2.61 bits per heavy atom. The minimum atomic E-state index is -3.91. The van der Waals surface area contributed by atoms with Gasteiger partial charge in [-0.25, -0.2) is 8.42 Å². The summed E-state index contributed by atoms with van der Waals surface area (Å²) >= 11 is 0. The van der Waals surface area contributed by atoms with E-state index in [4.69, 9.17) is 10.5 Å². The number of aromatic nitrogens is 2. The van der Waals surface area contributed by atoms with E-state index in [0.29, 0.717) is 13.2 Å². The summed E-state index contributed by atoms with van der Waals surface area (Å²) < 4.78 is 33.8. The van der Waals surface area contributed by atoms with Crippen molar-refractivity contribution >= 4 is 26.6 Å². The highest BCUT2D eigenvalue weighted by Gasteiger charge is 2.26. The summed E-state index contributed by atoms with van der Waals surface area (Å²) in [6.07, 6.45) is 1.66. The predicted octanol–water partition coefficient (Wildman–Crippen LogP) is 2.63. The highest BCUT2D eigenvalue weighted by molar-refractivity contribution is 7.91. The summed E-state index contributed by atoms with van der Waals surface area (Å²) in [4.78, 5) is 11.7. The molecule has 1 fully saturated rings. The number of carbonyl (C=O) groups excluding carboxylic acids is 1. The molecule has 1 saturated heterocycles. The molecule has 2 heterocycles. The van der Waals surface area contributed by atoms with Crippen LogP contribution in [-0.4, -0.2) is 37.3 Å². The third kappa shape index (κ3) is 3.08. The van der Waals surface area contributed by atoms with Crippen LogP contribution in [0.5, 0.6) is 0 Å². The van der Waals surface area contributed by atoms with E-state index in [2.05, 4.69) is 5.10 Å². The molecule has 2 N–H and O–H groups in total. The molecule has 1 aromatic heterocycles. The Bertz CT molecular complexity index is 1160. The van der Waals surface area contributed by atoms with Crippen molar-refractivity contribution in [1.82, 2.24) is 9.78 Å². The van der Waals surface area contributed by atoms with Crippen molar-refractivity contribution in [2.75, 3.05) is 13.2 Å². The maximum absolute atomic E-state index is 13.2. The topological polar surface area (TPSA) is 104 Å².